The first kappa shape index (κ1) is 17.4. The molecule has 1 amide bonds. The maximum Gasteiger partial charge on any atom is 0.254 e. The van der Waals surface area contributed by atoms with Crippen LogP contribution in [-0.2, 0) is 0 Å². The van der Waals surface area contributed by atoms with E-state index in [1.807, 2.05) is 30.9 Å². The number of carbonyl (C=O) groups is 1. The van der Waals surface area contributed by atoms with Crippen LogP contribution in [0.4, 0.5) is 10.2 Å². The molecule has 0 spiro atoms. The van der Waals surface area contributed by atoms with Crippen molar-refractivity contribution < 1.29 is 9.18 Å². The zero-order valence-corrected chi connectivity index (χ0v) is 15.4. The number of fused-ring (bicyclic) bond motifs is 1. The zero-order chi connectivity index (χ0) is 19.0. The number of hydrogen-bond donors (Lipinski definition) is 0. The lowest BCUT2D eigenvalue weighted by molar-refractivity contribution is 0.0748. The topological polar surface area (TPSA) is 49.3 Å². The Morgan fingerprint density at radius 3 is 2.59 bits per heavy atom. The maximum absolute atomic E-state index is 13.5. The fraction of sp³-hybridized carbons (Fsp3) is 0.286. The zero-order valence-electron chi connectivity index (χ0n) is 15.4. The fourth-order valence-electron chi connectivity index (χ4n) is 3.61. The van der Waals surface area contributed by atoms with Gasteiger partial charge >= 0.3 is 0 Å². The number of carbonyl (C=O) groups excluding carboxylic acids is 1. The largest absolute Gasteiger partial charge is 0.353 e. The van der Waals surface area contributed by atoms with Crippen molar-refractivity contribution in [3.8, 4) is 0 Å². The summed E-state index contributed by atoms with van der Waals surface area (Å²) in [5, 5.41) is 0.690. The molecule has 0 bridgehead atoms. The molecule has 27 heavy (non-hydrogen) atoms. The van der Waals surface area contributed by atoms with Crippen LogP contribution in [0.5, 0.6) is 0 Å². The molecule has 0 atom stereocenters. The highest BCUT2D eigenvalue weighted by atomic mass is 19.1. The number of aromatic nitrogens is 2. The lowest BCUT2D eigenvalue weighted by atomic mass is 10.1. The first-order valence-corrected chi connectivity index (χ1v) is 9.05. The van der Waals surface area contributed by atoms with Gasteiger partial charge in [-0.2, -0.15) is 0 Å². The summed E-state index contributed by atoms with van der Waals surface area (Å²) in [4.78, 5) is 26.0. The summed E-state index contributed by atoms with van der Waals surface area (Å²) in [5.74, 6) is 0.595. The van der Waals surface area contributed by atoms with Gasteiger partial charge in [0.1, 0.15) is 11.6 Å². The third-order valence-corrected chi connectivity index (χ3v) is 4.98. The van der Waals surface area contributed by atoms with Crippen LogP contribution in [0.15, 0.2) is 42.6 Å². The monoisotopic (exact) mass is 364 g/mol. The molecule has 0 unspecified atom stereocenters. The number of aryl methyl sites for hydroxylation is 2. The van der Waals surface area contributed by atoms with E-state index in [0.717, 1.165) is 24.5 Å². The quantitative estimate of drug-likeness (QED) is 0.700. The van der Waals surface area contributed by atoms with Gasteiger partial charge in [-0.1, -0.05) is 6.07 Å². The Kier molecular flexibility index (Phi) is 4.48. The maximum atomic E-state index is 13.5. The van der Waals surface area contributed by atoms with Crippen molar-refractivity contribution in [3.05, 3.63) is 65.2 Å². The van der Waals surface area contributed by atoms with E-state index < -0.39 is 0 Å². The first-order chi connectivity index (χ1) is 13.0. The van der Waals surface area contributed by atoms with Crippen molar-refractivity contribution in [2.75, 3.05) is 31.1 Å². The standard InChI is InChI=1S/C21H21FN4O/c1-14-4-3-7-23-20(14)25-8-10-26(11-9-25)21(27)18-12-15(2)24-19-13-16(22)5-6-17(18)19/h3-7,12-13H,8-11H2,1-2H3. The smallest absolute Gasteiger partial charge is 0.254 e. The highest BCUT2D eigenvalue weighted by molar-refractivity contribution is 6.06. The van der Waals surface area contributed by atoms with E-state index in [0.29, 0.717) is 35.2 Å². The molecule has 5 nitrogen and oxygen atoms in total. The Labute approximate surface area is 157 Å². The van der Waals surface area contributed by atoms with Crippen molar-refractivity contribution in [1.82, 2.24) is 14.9 Å². The Bertz CT molecular complexity index is 1010. The van der Waals surface area contributed by atoms with E-state index in [9.17, 15) is 9.18 Å². The number of amides is 1. The van der Waals surface area contributed by atoms with Crippen LogP contribution in [0.1, 0.15) is 21.6 Å². The molecule has 138 valence electrons. The van der Waals surface area contributed by atoms with Gasteiger partial charge in [0, 0.05) is 49.5 Å². The van der Waals surface area contributed by atoms with Crippen LogP contribution in [0.2, 0.25) is 0 Å². The fourth-order valence-corrected chi connectivity index (χ4v) is 3.61. The number of anilines is 1. The second-order valence-corrected chi connectivity index (χ2v) is 6.90. The van der Waals surface area contributed by atoms with Crippen LogP contribution in [0.3, 0.4) is 0 Å². The van der Waals surface area contributed by atoms with Gasteiger partial charge in [0.05, 0.1) is 11.1 Å². The van der Waals surface area contributed by atoms with Gasteiger partial charge in [0.2, 0.25) is 0 Å². The van der Waals surface area contributed by atoms with E-state index in [2.05, 4.69) is 14.9 Å². The van der Waals surface area contributed by atoms with E-state index in [1.165, 1.54) is 12.1 Å². The van der Waals surface area contributed by atoms with Gasteiger partial charge in [-0.05, 0) is 43.7 Å². The third kappa shape index (κ3) is 3.35. The Balaban J connectivity index is 1.57. The minimum absolute atomic E-state index is 0.0329. The van der Waals surface area contributed by atoms with Crippen LogP contribution >= 0.6 is 0 Å². The molecule has 3 aromatic rings. The van der Waals surface area contributed by atoms with Gasteiger partial charge in [-0.25, -0.2) is 9.37 Å². The summed E-state index contributed by atoms with van der Waals surface area (Å²) >= 11 is 0. The second kappa shape index (κ2) is 6.95. The van der Waals surface area contributed by atoms with Gasteiger partial charge in [0.25, 0.3) is 5.91 Å². The molecule has 6 heteroatoms. The van der Waals surface area contributed by atoms with E-state index in [-0.39, 0.29) is 11.7 Å². The molecule has 0 aliphatic carbocycles. The Morgan fingerprint density at radius 2 is 1.85 bits per heavy atom. The van der Waals surface area contributed by atoms with E-state index in [4.69, 9.17) is 0 Å². The Morgan fingerprint density at radius 1 is 1.07 bits per heavy atom. The van der Waals surface area contributed by atoms with Gasteiger partial charge in [0.15, 0.2) is 0 Å². The van der Waals surface area contributed by atoms with Crippen LogP contribution < -0.4 is 4.90 Å². The molecule has 0 radical (unpaired) electrons. The van der Waals surface area contributed by atoms with E-state index >= 15 is 0 Å². The summed E-state index contributed by atoms with van der Waals surface area (Å²) in [7, 11) is 0. The summed E-state index contributed by atoms with van der Waals surface area (Å²) in [5.41, 5.74) is 2.94. The molecule has 1 aromatic carbocycles. The van der Waals surface area contributed by atoms with Crippen molar-refractivity contribution in [2.45, 2.75) is 13.8 Å². The molecule has 3 heterocycles. The summed E-state index contributed by atoms with van der Waals surface area (Å²) in [6.45, 7) is 6.59. The number of nitrogens with zero attached hydrogens (tertiary/aromatic N) is 4. The van der Waals surface area contributed by atoms with Crippen molar-refractivity contribution in [2.24, 2.45) is 0 Å². The van der Waals surface area contributed by atoms with Crippen LogP contribution in [0, 0.1) is 19.7 Å². The average molecular weight is 364 g/mol. The van der Waals surface area contributed by atoms with Crippen LogP contribution in [-0.4, -0.2) is 47.0 Å². The molecule has 1 saturated heterocycles. The molecule has 1 aliphatic rings. The first-order valence-electron chi connectivity index (χ1n) is 9.05. The minimum atomic E-state index is -0.349. The second-order valence-electron chi connectivity index (χ2n) is 6.90. The molecular weight excluding hydrogens is 343 g/mol. The average Bonchev–Trinajstić information content (AvgIpc) is 2.67. The van der Waals surface area contributed by atoms with E-state index in [1.54, 1.807) is 18.3 Å². The van der Waals surface area contributed by atoms with Crippen molar-refractivity contribution >= 4 is 22.6 Å². The molecular formula is C21H21FN4O. The number of benzene rings is 1. The van der Waals surface area contributed by atoms with Gasteiger partial charge < -0.3 is 9.80 Å². The molecule has 1 aliphatic heterocycles. The molecule has 4 rings (SSSR count). The van der Waals surface area contributed by atoms with Gasteiger partial charge in [-0.3, -0.25) is 9.78 Å². The van der Waals surface area contributed by atoms with Crippen molar-refractivity contribution in [1.29, 1.82) is 0 Å². The predicted octanol–water partition coefficient (Wildman–Crippen LogP) is 3.35. The highest BCUT2D eigenvalue weighted by Crippen LogP contribution is 2.23. The number of pyridine rings is 2. The number of rotatable bonds is 2. The lowest BCUT2D eigenvalue weighted by Crippen LogP contribution is -2.49. The lowest BCUT2D eigenvalue weighted by Gasteiger charge is -2.36. The number of halogens is 1. The SMILES string of the molecule is Cc1cc(C(=O)N2CCN(c3ncccc3C)CC2)c2ccc(F)cc2n1. The summed E-state index contributed by atoms with van der Waals surface area (Å²) < 4.78 is 13.5. The molecule has 1 fully saturated rings. The normalized spacial score (nSPS) is 14.6. The van der Waals surface area contributed by atoms with Crippen LogP contribution in [0.25, 0.3) is 10.9 Å². The summed E-state index contributed by atoms with van der Waals surface area (Å²) in [6, 6.07) is 10.2. The number of piperazine rings is 1. The van der Waals surface area contributed by atoms with Crippen molar-refractivity contribution in [3.63, 3.8) is 0 Å². The van der Waals surface area contributed by atoms with Gasteiger partial charge in [-0.15, -0.1) is 0 Å². The molecule has 0 saturated carbocycles. The molecule has 2 aromatic heterocycles. The minimum Gasteiger partial charge on any atom is -0.353 e. The molecule has 0 N–H and O–H groups in total. The summed E-state index contributed by atoms with van der Waals surface area (Å²) in [6.07, 6.45) is 1.80. The highest BCUT2D eigenvalue weighted by Gasteiger charge is 2.25. The number of hydrogen-bond acceptors (Lipinski definition) is 4. The Hall–Kier alpha value is -3.02. The third-order valence-electron chi connectivity index (χ3n) is 4.98. The predicted molar refractivity (Wildman–Crippen MR) is 104 cm³/mol.